The molecule has 1 aliphatic carbocycles. The number of aliphatic carboxylic acids is 1. The van der Waals surface area contributed by atoms with Crippen molar-refractivity contribution in [2.75, 3.05) is 0 Å². The van der Waals surface area contributed by atoms with Crippen LogP contribution in [0.25, 0.3) is 16.6 Å². The van der Waals surface area contributed by atoms with Crippen LogP contribution in [0.4, 0.5) is 0 Å². The monoisotopic (exact) mass is 467 g/mol. The fourth-order valence-electron chi connectivity index (χ4n) is 5.03. The van der Waals surface area contributed by atoms with Gasteiger partial charge in [0.1, 0.15) is 6.04 Å². The Morgan fingerprint density at radius 3 is 2.60 bits per heavy atom. The van der Waals surface area contributed by atoms with Crippen molar-refractivity contribution in [3.8, 4) is 0 Å². The highest BCUT2D eigenvalue weighted by Gasteiger charge is 2.25. The van der Waals surface area contributed by atoms with Gasteiger partial charge in [-0.25, -0.2) is 4.79 Å². The van der Waals surface area contributed by atoms with E-state index in [0.29, 0.717) is 11.3 Å². The molecule has 6 heteroatoms. The van der Waals surface area contributed by atoms with Gasteiger partial charge in [0.2, 0.25) is 0 Å². The third kappa shape index (κ3) is 4.64. The third-order valence-corrected chi connectivity index (χ3v) is 6.89. The maximum atomic E-state index is 13.1. The van der Waals surface area contributed by atoms with Gasteiger partial charge in [-0.1, -0.05) is 48.5 Å². The Labute approximate surface area is 204 Å². The number of nitrogens with one attached hydrogen (secondary N) is 2. The summed E-state index contributed by atoms with van der Waals surface area (Å²) in [6, 6.07) is 18.1. The number of aryl methyl sites for hydroxylation is 1. The lowest BCUT2D eigenvalue weighted by Gasteiger charge is -2.20. The summed E-state index contributed by atoms with van der Waals surface area (Å²) in [5.41, 5.74) is 6.35. The molecule has 4 aromatic rings. The molecular formula is C29H29N3O3. The van der Waals surface area contributed by atoms with Crippen molar-refractivity contribution < 1.29 is 14.7 Å². The molecule has 178 valence electrons. The maximum Gasteiger partial charge on any atom is 0.326 e. The van der Waals surface area contributed by atoms with Crippen LogP contribution in [0, 0.1) is 0 Å². The number of fused-ring (bicyclic) bond motifs is 2. The van der Waals surface area contributed by atoms with Gasteiger partial charge < -0.3 is 20.0 Å². The molecule has 0 amide bonds. The number of carbonyl (C=O) groups is 2. The molecule has 1 aliphatic rings. The Morgan fingerprint density at radius 2 is 1.83 bits per heavy atom. The molecule has 5 rings (SSSR count). The lowest BCUT2D eigenvalue weighted by molar-refractivity contribution is -0.139. The number of allylic oxidation sites excluding steroid dienone is 1. The Bertz CT molecular complexity index is 1410. The van der Waals surface area contributed by atoms with E-state index < -0.39 is 12.0 Å². The van der Waals surface area contributed by atoms with Crippen LogP contribution < -0.4 is 5.32 Å². The molecule has 0 radical (unpaired) electrons. The van der Waals surface area contributed by atoms with Crippen LogP contribution in [0.2, 0.25) is 0 Å². The number of carbonyl (C=O) groups excluding carboxylic acids is 1. The van der Waals surface area contributed by atoms with Crippen molar-refractivity contribution in [1.82, 2.24) is 14.9 Å². The standard InChI is InChI=1S/C29H29N3O3/c1-32-26-14-8-5-11-20(26)16-27(32)24(17-28(33)19-9-3-2-4-10-19)31-25(29(34)35)15-21-18-30-23-13-7-6-12-22(21)23/h2-4,6-7,9-10,12-13,16-18,25,30-31H,5,8,11,14-15H2,1H3,(H,34,35)/b24-17-. The molecule has 3 N–H and O–H groups in total. The molecule has 0 saturated heterocycles. The lowest BCUT2D eigenvalue weighted by Crippen LogP contribution is -2.38. The highest BCUT2D eigenvalue weighted by molar-refractivity contribution is 6.08. The molecule has 35 heavy (non-hydrogen) atoms. The van der Waals surface area contributed by atoms with Gasteiger partial charge in [-0.3, -0.25) is 4.79 Å². The van der Waals surface area contributed by atoms with Gasteiger partial charge >= 0.3 is 5.97 Å². The first-order valence-electron chi connectivity index (χ1n) is 12.0. The second-order valence-electron chi connectivity index (χ2n) is 9.15. The largest absolute Gasteiger partial charge is 0.480 e. The van der Waals surface area contributed by atoms with Crippen LogP contribution in [0.5, 0.6) is 0 Å². The molecular weight excluding hydrogens is 438 g/mol. The van der Waals surface area contributed by atoms with Gasteiger partial charge in [0.15, 0.2) is 5.78 Å². The van der Waals surface area contributed by atoms with Gasteiger partial charge in [0.05, 0.1) is 11.4 Å². The van der Waals surface area contributed by atoms with Crippen molar-refractivity contribution in [3.63, 3.8) is 0 Å². The Morgan fingerprint density at radius 1 is 1.09 bits per heavy atom. The van der Waals surface area contributed by atoms with Gasteiger partial charge in [-0.2, -0.15) is 0 Å². The smallest absolute Gasteiger partial charge is 0.326 e. The first-order chi connectivity index (χ1) is 17.0. The average Bonchev–Trinajstić information content (AvgIpc) is 3.44. The maximum absolute atomic E-state index is 13.1. The van der Waals surface area contributed by atoms with Crippen LogP contribution in [-0.4, -0.2) is 32.5 Å². The van der Waals surface area contributed by atoms with Crippen LogP contribution in [0.15, 0.2) is 72.9 Å². The van der Waals surface area contributed by atoms with Crippen molar-refractivity contribution in [1.29, 1.82) is 0 Å². The minimum atomic E-state index is -0.965. The Hall–Kier alpha value is -4.06. The third-order valence-electron chi connectivity index (χ3n) is 6.89. The topological polar surface area (TPSA) is 87.1 Å². The summed E-state index contributed by atoms with van der Waals surface area (Å²) in [5.74, 6) is -1.13. The molecule has 2 heterocycles. The van der Waals surface area contributed by atoms with E-state index in [1.165, 1.54) is 11.3 Å². The van der Waals surface area contributed by atoms with Crippen LogP contribution in [0.1, 0.15) is 45.7 Å². The van der Waals surface area contributed by atoms with Gasteiger partial charge in [-0.05, 0) is 48.9 Å². The van der Waals surface area contributed by atoms with E-state index in [9.17, 15) is 14.7 Å². The fraction of sp³-hybridized carbons (Fsp3) is 0.241. The molecule has 0 aliphatic heterocycles. The SMILES string of the molecule is Cn1c(/C(=C/C(=O)c2ccccc2)NC(Cc2c[nH]c3ccccc23)C(=O)O)cc2c1CCCC2. The molecule has 6 nitrogen and oxygen atoms in total. The first kappa shape index (κ1) is 22.7. The molecule has 0 bridgehead atoms. The fourth-order valence-corrected chi connectivity index (χ4v) is 5.03. The summed E-state index contributed by atoms with van der Waals surface area (Å²) in [5, 5.41) is 14.4. The molecule has 0 fully saturated rings. The van der Waals surface area contributed by atoms with Crippen molar-refractivity contribution in [3.05, 3.63) is 101 Å². The predicted molar refractivity (Wildman–Crippen MR) is 137 cm³/mol. The second kappa shape index (κ2) is 9.66. The van der Waals surface area contributed by atoms with Gasteiger partial charge in [-0.15, -0.1) is 0 Å². The number of aromatic nitrogens is 2. The van der Waals surface area contributed by atoms with Crippen LogP contribution in [-0.2, 0) is 31.1 Å². The summed E-state index contributed by atoms with van der Waals surface area (Å²) in [7, 11) is 2.00. The Balaban J connectivity index is 1.52. The Kier molecular flexibility index (Phi) is 6.27. The summed E-state index contributed by atoms with van der Waals surface area (Å²) < 4.78 is 2.11. The number of benzene rings is 2. The highest BCUT2D eigenvalue weighted by Crippen LogP contribution is 2.28. The van der Waals surface area contributed by atoms with E-state index in [-0.39, 0.29) is 12.2 Å². The number of rotatable bonds is 8. The summed E-state index contributed by atoms with van der Waals surface area (Å²) in [6.07, 6.45) is 7.95. The number of carboxylic acids is 1. The van der Waals surface area contributed by atoms with Crippen molar-refractivity contribution in [2.45, 2.75) is 38.1 Å². The second-order valence-corrected chi connectivity index (χ2v) is 9.15. The first-order valence-corrected chi connectivity index (χ1v) is 12.0. The number of aromatic amines is 1. The minimum Gasteiger partial charge on any atom is -0.480 e. The normalized spacial score (nSPS) is 14.5. The average molecular weight is 468 g/mol. The molecule has 2 aromatic heterocycles. The van der Waals surface area contributed by atoms with E-state index in [1.807, 2.05) is 55.7 Å². The highest BCUT2D eigenvalue weighted by atomic mass is 16.4. The number of nitrogens with zero attached hydrogens (tertiary/aromatic N) is 1. The molecule has 0 saturated carbocycles. The molecule has 1 unspecified atom stereocenters. The van der Waals surface area contributed by atoms with Crippen LogP contribution >= 0.6 is 0 Å². The van der Waals surface area contributed by atoms with E-state index >= 15 is 0 Å². The van der Waals surface area contributed by atoms with Crippen molar-refractivity contribution >= 4 is 28.4 Å². The van der Waals surface area contributed by atoms with E-state index in [1.54, 1.807) is 18.2 Å². The van der Waals surface area contributed by atoms with E-state index in [2.05, 4.69) is 20.9 Å². The quantitative estimate of drug-likeness (QED) is 0.254. The van der Waals surface area contributed by atoms with E-state index in [0.717, 1.165) is 47.8 Å². The summed E-state index contributed by atoms with van der Waals surface area (Å²) in [6.45, 7) is 0. The number of hydrogen-bond acceptors (Lipinski definition) is 3. The molecule has 2 aromatic carbocycles. The molecule has 1 atom stereocenters. The number of carboxylic acid groups (broad SMARTS) is 1. The molecule has 0 spiro atoms. The summed E-state index contributed by atoms with van der Waals surface area (Å²) >= 11 is 0. The number of hydrogen-bond donors (Lipinski definition) is 3. The zero-order valence-electron chi connectivity index (χ0n) is 19.8. The minimum absolute atomic E-state index is 0.163. The van der Waals surface area contributed by atoms with Crippen molar-refractivity contribution in [2.24, 2.45) is 7.05 Å². The van der Waals surface area contributed by atoms with Gasteiger partial charge in [0, 0.05) is 47.9 Å². The summed E-state index contributed by atoms with van der Waals surface area (Å²) in [4.78, 5) is 28.7. The van der Waals surface area contributed by atoms with Gasteiger partial charge in [0.25, 0.3) is 0 Å². The zero-order valence-corrected chi connectivity index (χ0v) is 19.8. The lowest BCUT2D eigenvalue weighted by atomic mass is 9.98. The zero-order chi connectivity index (χ0) is 24.4. The van der Waals surface area contributed by atoms with E-state index in [4.69, 9.17) is 0 Å². The number of ketones is 1. The van der Waals surface area contributed by atoms with Crippen LogP contribution in [0.3, 0.4) is 0 Å². The number of H-pyrrole nitrogens is 1. The predicted octanol–water partition coefficient (Wildman–Crippen LogP) is 4.89. The number of para-hydroxylation sites is 1.